The second-order valence-corrected chi connectivity index (χ2v) is 11.4. The monoisotopic (exact) mass is 561 g/mol. The molecule has 1 fully saturated rings. The lowest BCUT2D eigenvalue weighted by Crippen LogP contribution is -2.43. The molecule has 4 aromatic rings. The van der Waals surface area contributed by atoms with Crippen LogP contribution in [0, 0.1) is 19.8 Å². The largest absolute Gasteiger partial charge is 0.294 e. The van der Waals surface area contributed by atoms with Gasteiger partial charge in [-0.25, -0.2) is 0 Å². The van der Waals surface area contributed by atoms with Crippen molar-refractivity contribution in [1.29, 1.82) is 0 Å². The van der Waals surface area contributed by atoms with Crippen molar-refractivity contribution in [1.82, 2.24) is 4.90 Å². The van der Waals surface area contributed by atoms with Crippen LogP contribution in [0.3, 0.4) is 0 Å². The van der Waals surface area contributed by atoms with Gasteiger partial charge in [0.05, 0.1) is 17.4 Å². The predicted octanol–water partition coefficient (Wildman–Crippen LogP) is 8.20. The number of rotatable bonds is 5. The SMILES string of the molecule is Cc1ccc(C=C2CN(Cc3ccc(Br)cc3)CC3C2=NN(c2ccccc2)C3c2ccc(C)cc2)cc1. The molecule has 2 unspecified atom stereocenters. The molecular formula is C34H32BrN3. The van der Waals surface area contributed by atoms with Crippen LogP contribution in [0.2, 0.25) is 0 Å². The van der Waals surface area contributed by atoms with Gasteiger partial charge in [0.2, 0.25) is 0 Å². The molecule has 0 saturated carbocycles. The summed E-state index contributed by atoms with van der Waals surface area (Å²) in [4.78, 5) is 2.59. The van der Waals surface area contributed by atoms with Crippen molar-refractivity contribution < 1.29 is 0 Å². The summed E-state index contributed by atoms with van der Waals surface area (Å²) in [5.41, 5.74) is 10.1. The highest BCUT2D eigenvalue weighted by molar-refractivity contribution is 9.10. The number of para-hydroxylation sites is 1. The Hall–Kier alpha value is -3.47. The van der Waals surface area contributed by atoms with Crippen LogP contribution in [-0.2, 0) is 6.54 Å². The lowest BCUT2D eigenvalue weighted by Gasteiger charge is -2.36. The van der Waals surface area contributed by atoms with Gasteiger partial charge in [0.25, 0.3) is 0 Å². The zero-order chi connectivity index (χ0) is 26.1. The lowest BCUT2D eigenvalue weighted by atomic mass is 9.82. The summed E-state index contributed by atoms with van der Waals surface area (Å²) in [5.74, 6) is 0.263. The molecule has 3 nitrogen and oxygen atoms in total. The molecule has 0 aliphatic carbocycles. The summed E-state index contributed by atoms with van der Waals surface area (Å²) in [5, 5.41) is 7.62. The maximum absolute atomic E-state index is 5.36. The Balaban J connectivity index is 1.43. The van der Waals surface area contributed by atoms with Gasteiger partial charge >= 0.3 is 0 Å². The molecule has 0 N–H and O–H groups in total. The Kier molecular flexibility index (Phi) is 7.01. The summed E-state index contributed by atoms with van der Waals surface area (Å²) in [6, 6.07) is 37.3. The van der Waals surface area contributed by atoms with E-state index >= 15 is 0 Å². The van der Waals surface area contributed by atoms with Crippen molar-refractivity contribution in [2.75, 3.05) is 18.1 Å². The second kappa shape index (κ2) is 10.7. The molecule has 2 heterocycles. The molecule has 4 aromatic carbocycles. The van der Waals surface area contributed by atoms with E-state index in [0.29, 0.717) is 0 Å². The molecule has 0 spiro atoms. The van der Waals surface area contributed by atoms with Gasteiger partial charge in [-0.2, -0.15) is 5.10 Å². The molecule has 0 amide bonds. The lowest BCUT2D eigenvalue weighted by molar-refractivity contribution is 0.245. The summed E-state index contributed by atoms with van der Waals surface area (Å²) < 4.78 is 1.11. The first-order valence-electron chi connectivity index (χ1n) is 13.3. The highest BCUT2D eigenvalue weighted by Crippen LogP contribution is 2.43. The first-order chi connectivity index (χ1) is 18.5. The van der Waals surface area contributed by atoms with Gasteiger partial charge in [-0.15, -0.1) is 0 Å². The van der Waals surface area contributed by atoms with Gasteiger partial charge < -0.3 is 0 Å². The van der Waals surface area contributed by atoms with Crippen LogP contribution in [0.4, 0.5) is 5.69 Å². The number of hydrazone groups is 1. The fraction of sp³-hybridized carbons (Fsp3) is 0.206. The number of likely N-dealkylation sites (tertiary alicyclic amines) is 1. The fourth-order valence-electron chi connectivity index (χ4n) is 5.61. The molecule has 2 aliphatic heterocycles. The highest BCUT2D eigenvalue weighted by atomic mass is 79.9. The average Bonchev–Trinajstić information content (AvgIpc) is 3.32. The normalized spacial score (nSPS) is 20.4. The van der Waals surface area contributed by atoms with Crippen LogP contribution in [0.25, 0.3) is 6.08 Å². The molecule has 4 heteroatoms. The van der Waals surface area contributed by atoms with Crippen molar-refractivity contribution in [3.05, 3.63) is 141 Å². The molecule has 2 atom stereocenters. The Labute approximate surface area is 234 Å². The van der Waals surface area contributed by atoms with E-state index < -0.39 is 0 Å². The molecule has 0 aromatic heterocycles. The van der Waals surface area contributed by atoms with Gasteiger partial charge in [-0.1, -0.05) is 106 Å². The van der Waals surface area contributed by atoms with E-state index in [1.807, 2.05) is 0 Å². The number of piperidine rings is 1. The van der Waals surface area contributed by atoms with Crippen molar-refractivity contribution in [2.24, 2.45) is 11.0 Å². The Morgan fingerprint density at radius 2 is 1.47 bits per heavy atom. The quantitative estimate of drug-likeness (QED) is 0.244. The smallest absolute Gasteiger partial charge is 0.0872 e. The van der Waals surface area contributed by atoms with Gasteiger partial charge in [0.15, 0.2) is 0 Å². The van der Waals surface area contributed by atoms with E-state index in [1.165, 1.54) is 39.1 Å². The number of nitrogens with zero attached hydrogens (tertiary/aromatic N) is 3. The van der Waals surface area contributed by atoms with Crippen LogP contribution >= 0.6 is 15.9 Å². The summed E-state index contributed by atoms with van der Waals surface area (Å²) in [6.07, 6.45) is 2.35. The summed E-state index contributed by atoms with van der Waals surface area (Å²) >= 11 is 3.58. The number of aryl methyl sites for hydroxylation is 2. The van der Waals surface area contributed by atoms with E-state index in [0.717, 1.165) is 29.8 Å². The standard InChI is InChI=1S/C34H32BrN3/c1-24-8-12-26(13-9-24)20-29-22-37(21-27-14-18-30(35)19-15-27)23-32-33(29)36-38(31-6-4-3-5-7-31)34(32)28-16-10-25(2)11-17-28/h3-20,32,34H,21-23H2,1-2H3. The molecule has 0 radical (unpaired) electrons. The number of halogens is 1. The van der Waals surface area contributed by atoms with Gasteiger partial charge in [0, 0.05) is 30.0 Å². The van der Waals surface area contributed by atoms with Crippen LogP contribution in [0.5, 0.6) is 0 Å². The van der Waals surface area contributed by atoms with Crippen LogP contribution in [-0.4, -0.2) is 23.7 Å². The van der Waals surface area contributed by atoms with E-state index in [1.54, 1.807) is 0 Å². The van der Waals surface area contributed by atoms with Crippen LogP contribution in [0.15, 0.2) is 118 Å². The fourth-order valence-corrected chi connectivity index (χ4v) is 5.88. The number of anilines is 1. The molecule has 1 saturated heterocycles. The zero-order valence-corrected chi connectivity index (χ0v) is 23.5. The van der Waals surface area contributed by atoms with Crippen molar-refractivity contribution in [3.63, 3.8) is 0 Å². The molecule has 0 bridgehead atoms. The number of fused-ring (bicyclic) bond motifs is 1. The van der Waals surface area contributed by atoms with E-state index in [4.69, 9.17) is 5.10 Å². The molecule has 2 aliphatic rings. The minimum absolute atomic E-state index is 0.141. The Bertz CT molecular complexity index is 1460. The minimum Gasteiger partial charge on any atom is -0.294 e. The summed E-state index contributed by atoms with van der Waals surface area (Å²) in [6.45, 7) is 7.04. The topological polar surface area (TPSA) is 18.8 Å². The van der Waals surface area contributed by atoms with Crippen molar-refractivity contribution in [3.8, 4) is 0 Å². The van der Waals surface area contributed by atoms with Crippen molar-refractivity contribution in [2.45, 2.75) is 26.4 Å². The Morgan fingerprint density at radius 1 is 0.816 bits per heavy atom. The third-order valence-corrected chi connectivity index (χ3v) is 8.10. The van der Waals surface area contributed by atoms with E-state index in [9.17, 15) is 0 Å². The predicted molar refractivity (Wildman–Crippen MR) is 162 cm³/mol. The minimum atomic E-state index is 0.141. The second-order valence-electron chi connectivity index (χ2n) is 10.5. The first kappa shape index (κ1) is 24.8. The van der Waals surface area contributed by atoms with Gasteiger partial charge in [-0.3, -0.25) is 9.91 Å². The van der Waals surface area contributed by atoms with Gasteiger partial charge in [0.1, 0.15) is 0 Å². The number of benzene rings is 4. The van der Waals surface area contributed by atoms with E-state index in [-0.39, 0.29) is 12.0 Å². The third-order valence-electron chi connectivity index (χ3n) is 7.57. The average molecular weight is 563 g/mol. The van der Waals surface area contributed by atoms with Gasteiger partial charge in [-0.05, 0) is 66.5 Å². The molecule has 6 rings (SSSR count). The van der Waals surface area contributed by atoms with Crippen LogP contribution in [0.1, 0.15) is 33.9 Å². The molecule has 38 heavy (non-hydrogen) atoms. The first-order valence-corrected chi connectivity index (χ1v) is 14.1. The van der Waals surface area contributed by atoms with Crippen LogP contribution < -0.4 is 5.01 Å². The number of hydrogen-bond donors (Lipinski definition) is 0. The maximum Gasteiger partial charge on any atom is 0.0872 e. The molecule has 190 valence electrons. The summed E-state index contributed by atoms with van der Waals surface area (Å²) in [7, 11) is 0. The highest BCUT2D eigenvalue weighted by Gasteiger charge is 2.44. The number of hydrogen-bond acceptors (Lipinski definition) is 3. The zero-order valence-electron chi connectivity index (χ0n) is 21.9. The Morgan fingerprint density at radius 3 is 2.16 bits per heavy atom. The third kappa shape index (κ3) is 5.24. The van der Waals surface area contributed by atoms with Crippen molar-refractivity contribution >= 4 is 33.4 Å². The van der Waals surface area contributed by atoms with E-state index in [2.05, 4.69) is 149 Å². The molecular weight excluding hydrogens is 530 g/mol. The maximum atomic E-state index is 5.36.